The second-order valence-electron chi connectivity index (χ2n) is 6.59. The highest BCUT2D eigenvalue weighted by Crippen LogP contribution is 2.23. The van der Waals surface area contributed by atoms with E-state index < -0.39 is 5.97 Å². The van der Waals surface area contributed by atoms with Gasteiger partial charge < -0.3 is 19.1 Å². The highest BCUT2D eigenvalue weighted by atomic mass is 16.5. The largest absolute Gasteiger partial charge is 0.485 e. The van der Waals surface area contributed by atoms with Gasteiger partial charge in [0.05, 0.1) is 16.6 Å². The number of imidazole rings is 1. The summed E-state index contributed by atoms with van der Waals surface area (Å²) >= 11 is 0. The fourth-order valence-electron chi connectivity index (χ4n) is 3.14. The predicted octanol–water partition coefficient (Wildman–Crippen LogP) is 3.97. The van der Waals surface area contributed by atoms with Gasteiger partial charge in [-0.15, -0.1) is 0 Å². The lowest BCUT2D eigenvalue weighted by Crippen LogP contribution is -2.09. The molecule has 0 radical (unpaired) electrons. The Bertz CT molecular complexity index is 962. The Labute approximate surface area is 158 Å². The zero-order valence-corrected chi connectivity index (χ0v) is 15.9. The molecule has 1 aromatic heterocycles. The normalized spacial score (nSPS) is 11.1. The maximum Gasteiger partial charge on any atom is 0.335 e. The number of aryl methyl sites for hydroxylation is 3. The second-order valence-corrected chi connectivity index (χ2v) is 6.59. The van der Waals surface area contributed by atoms with Crippen molar-refractivity contribution < 1.29 is 19.4 Å². The summed E-state index contributed by atoms with van der Waals surface area (Å²) < 4.78 is 13.2. The molecule has 1 heterocycles. The number of nitrogens with zero attached hydrogens (tertiary/aromatic N) is 2. The van der Waals surface area contributed by atoms with Crippen molar-refractivity contribution in [1.82, 2.24) is 9.55 Å². The molecular weight excluding hydrogens is 344 g/mol. The van der Waals surface area contributed by atoms with Crippen molar-refractivity contribution in [3.05, 3.63) is 58.9 Å². The molecule has 0 aliphatic carbocycles. The lowest BCUT2D eigenvalue weighted by Gasteiger charge is -2.12. The van der Waals surface area contributed by atoms with Gasteiger partial charge in [0, 0.05) is 20.3 Å². The first kappa shape index (κ1) is 18.9. The van der Waals surface area contributed by atoms with Crippen LogP contribution in [-0.4, -0.2) is 34.3 Å². The number of fused-ring (bicyclic) bond motifs is 1. The molecule has 27 heavy (non-hydrogen) atoms. The molecule has 6 heteroatoms. The van der Waals surface area contributed by atoms with Gasteiger partial charge in [0.15, 0.2) is 0 Å². The molecule has 2 aromatic carbocycles. The number of carboxylic acid groups (broad SMARTS) is 1. The van der Waals surface area contributed by atoms with Gasteiger partial charge in [0.2, 0.25) is 0 Å². The van der Waals surface area contributed by atoms with E-state index in [0.29, 0.717) is 18.7 Å². The fourth-order valence-corrected chi connectivity index (χ4v) is 3.14. The van der Waals surface area contributed by atoms with Crippen LogP contribution < -0.4 is 4.74 Å². The van der Waals surface area contributed by atoms with Crippen LogP contribution in [0.2, 0.25) is 0 Å². The molecule has 0 fully saturated rings. The molecule has 0 aliphatic rings. The van der Waals surface area contributed by atoms with Crippen LogP contribution >= 0.6 is 0 Å². The second kappa shape index (κ2) is 8.22. The van der Waals surface area contributed by atoms with Crippen LogP contribution in [0.3, 0.4) is 0 Å². The summed E-state index contributed by atoms with van der Waals surface area (Å²) in [5.74, 6) is 0.629. The Morgan fingerprint density at radius 3 is 2.70 bits per heavy atom. The van der Waals surface area contributed by atoms with Crippen LogP contribution in [0, 0.1) is 13.8 Å². The zero-order valence-electron chi connectivity index (χ0n) is 15.9. The monoisotopic (exact) mass is 368 g/mol. The summed E-state index contributed by atoms with van der Waals surface area (Å²) in [6.45, 7) is 5.75. The van der Waals surface area contributed by atoms with Crippen LogP contribution in [0.25, 0.3) is 11.0 Å². The Kier molecular flexibility index (Phi) is 5.76. The molecule has 0 amide bonds. The Balaban J connectivity index is 1.91. The van der Waals surface area contributed by atoms with Gasteiger partial charge >= 0.3 is 5.97 Å². The molecule has 0 spiro atoms. The van der Waals surface area contributed by atoms with Crippen LogP contribution in [-0.2, 0) is 17.9 Å². The van der Waals surface area contributed by atoms with E-state index in [2.05, 4.69) is 15.6 Å². The number of rotatable bonds is 8. The van der Waals surface area contributed by atoms with Crippen LogP contribution in [0.15, 0.2) is 36.4 Å². The third-order valence-corrected chi connectivity index (χ3v) is 4.49. The SMILES string of the molecule is COCCCn1c(COc2ccc(C)cc2C)nc2cc(C(=O)O)ccc21. The number of benzene rings is 2. The maximum atomic E-state index is 11.2. The molecule has 1 N–H and O–H groups in total. The maximum absolute atomic E-state index is 11.2. The summed E-state index contributed by atoms with van der Waals surface area (Å²) in [5, 5.41) is 9.22. The first-order valence-corrected chi connectivity index (χ1v) is 8.91. The van der Waals surface area contributed by atoms with E-state index in [1.165, 1.54) is 5.56 Å². The third-order valence-electron chi connectivity index (χ3n) is 4.49. The van der Waals surface area contributed by atoms with E-state index >= 15 is 0 Å². The summed E-state index contributed by atoms with van der Waals surface area (Å²) in [4.78, 5) is 15.9. The molecule has 0 bridgehead atoms. The molecule has 0 aliphatic heterocycles. The smallest absolute Gasteiger partial charge is 0.335 e. The number of methoxy groups -OCH3 is 1. The summed E-state index contributed by atoms with van der Waals surface area (Å²) in [6.07, 6.45) is 0.833. The van der Waals surface area contributed by atoms with Crippen molar-refractivity contribution in [3.63, 3.8) is 0 Å². The van der Waals surface area contributed by atoms with Crippen LogP contribution in [0.5, 0.6) is 5.75 Å². The predicted molar refractivity (Wildman–Crippen MR) is 103 cm³/mol. The van der Waals surface area contributed by atoms with Crippen molar-refractivity contribution in [1.29, 1.82) is 0 Å². The number of hydrogen-bond donors (Lipinski definition) is 1. The number of hydrogen-bond acceptors (Lipinski definition) is 4. The molecule has 3 aromatic rings. The topological polar surface area (TPSA) is 73.6 Å². The molecule has 142 valence electrons. The highest BCUT2D eigenvalue weighted by Gasteiger charge is 2.14. The number of carboxylic acids is 1. The average molecular weight is 368 g/mol. The first-order valence-electron chi connectivity index (χ1n) is 8.91. The minimum atomic E-state index is -0.959. The van der Waals surface area contributed by atoms with Gasteiger partial charge in [-0.1, -0.05) is 17.7 Å². The lowest BCUT2D eigenvalue weighted by atomic mass is 10.1. The van der Waals surface area contributed by atoms with E-state index in [9.17, 15) is 9.90 Å². The average Bonchev–Trinajstić information content (AvgIpc) is 2.98. The quantitative estimate of drug-likeness (QED) is 0.609. The van der Waals surface area contributed by atoms with E-state index in [4.69, 9.17) is 9.47 Å². The minimum absolute atomic E-state index is 0.228. The van der Waals surface area contributed by atoms with E-state index in [-0.39, 0.29) is 5.56 Å². The summed E-state index contributed by atoms with van der Waals surface area (Å²) in [6, 6.07) is 11.1. The van der Waals surface area contributed by atoms with Crippen molar-refractivity contribution in [2.75, 3.05) is 13.7 Å². The summed E-state index contributed by atoms with van der Waals surface area (Å²) in [5.41, 5.74) is 4.05. The molecule has 3 rings (SSSR count). The standard InChI is InChI=1S/C21H24N2O4/c1-14-5-8-19(15(2)11-14)27-13-20-22-17-12-16(21(24)25)6-7-18(17)23(20)9-4-10-26-3/h5-8,11-12H,4,9-10,13H2,1-3H3,(H,24,25). The van der Waals surface area contributed by atoms with Gasteiger partial charge in [-0.05, 0) is 50.1 Å². The molecule has 0 unspecified atom stereocenters. The summed E-state index contributed by atoms with van der Waals surface area (Å²) in [7, 11) is 1.68. The Hall–Kier alpha value is -2.86. The molecular formula is C21H24N2O4. The molecule has 0 saturated heterocycles. The molecule has 0 saturated carbocycles. The minimum Gasteiger partial charge on any atom is -0.485 e. The van der Waals surface area contributed by atoms with Crippen molar-refractivity contribution in [3.8, 4) is 5.75 Å². The van der Waals surface area contributed by atoms with Crippen molar-refractivity contribution in [2.45, 2.75) is 33.4 Å². The van der Waals surface area contributed by atoms with Crippen molar-refractivity contribution >= 4 is 17.0 Å². The van der Waals surface area contributed by atoms with E-state index in [1.807, 2.05) is 26.0 Å². The van der Waals surface area contributed by atoms with E-state index in [1.54, 1.807) is 25.3 Å². The zero-order chi connectivity index (χ0) is 19.4. The number of aromatic carboxylic acids is 1. The lowest BCUT2D eigenvalue weighted by molar-refractivity contribution is 0.0697. The third kappa shape index (κ3) is 4.28. The Morgan fingerprint density at radius 1 is 1.19 bits per heavy atom. The molecule has 0 atom stereocenters. The fraction of sp³-hybridized carbons (Fsp3) is 0.333. The van der Waals surface area contributed by atoms with Gasteiger partial charge in [0.1, 0.15) is 18.2 Å². The molecule has 6 nitrogen and oxygen atoms in total. The number of aromatic nitrogens is 2. The number of carbonyl (C=O) groups is 1. The van der Waals surface area contributed by atoms with Crippen LogP contribution in [0.4, 0.5) is 0 Å². The van der Waals surface area contributed by atoms with Crippen LogP contribution in [0.1, 0.15) is 33.7 Å². The van der Waals surface area contributed by atoms with E-state index in [0.717, 1.165) is 35.6 Å². The number of ether oxygens (including phenoxy) is 2. The van der Waals surface area contributed by atoms with Gasteiger partial charge in [-0.3, -0.25) is 0 Å². The highest BCUT2D eigenvalue weighted by molar-refractivity contribution is 5.92. The van der Waals surface area contributed by atoms with Gasteiger partial charge in [-0.25, -0.2) is 9.78 Å². The van der Waals surface area contributed by atoms with Gasteiger partial charge in [-0.2, -0.15) is 0 Å². The van der Waals surface area contributed by atoms with Crippen molar-refractivity contribution in [2.24, 2.45) is 0 Å². The van der Waals surface area contributed by atoms with Gasteiger partial charge in [0.25, 0.3) is 0 Å². The Morgan fingerprint density at radius 2 is 2.00 bits per heavy atom. The first-order chi connectivity index (χ1) is 13.0.